The molecule has 7 heteroatoms. The molecule has 5 nitrogen and oxygen atoms in total. The van der Waals surface area contributed by atoms with E-state index in [9.17, 15) is 8.42 Å². The number of rotatable bonds is 7. The van der Waals surface area contributed by atoms with Crippen molar-refractivity contribution >= 4 is 21.6 Å². The molecule has 1 aliphatic rings. The SMILES string of the molecule is CC(C)C(CNS(=O)(=O)Cc1ccc(Cl)cc1)N1CCN(C)CC1. The van der Waals surface area contributed by atoms with Gasteiger partial charge in [0.2, 0.25) is 10.0 Å². The Kier molecular flexibility index (Phi) is 7.07. The minimum atomic E-state index is -3.36. The molecule has 136 valence electrons. The minimum Gasteiger partial charge on any atom is -0.304 e. The highest BCUT2D eigenvalue weighted by Gasteiger charge is 2.26. The summed E-state index contributed by atoms with van der Waals surface area (Å²) in [6.45, 7) is 8.78. The monoisotopic (exact) mass is 373 g/mol. The van der Waals surface area contributed by atoms with Crippen molar-refractivity contribution in [3.05, 3.63) is 34.9 Å². The Morgan fingerprint density at radius 3 is 2.25 bits per heavy atom. The highest BCUT2D eigenvalue weighted by Crippen LogP contribution is 2.15. The fourth-order valence-corrected chi connectivity index (χ4v) is 4.29. The Hall–Kier alpha value is -0.660. The van der Waals surface area contributed by atoms with Crippen LogP contribution in [0.2, 0.25) is 5.02 Å². The van der Waals surface area contributed by atoms with Crippen LogP contribution < -0.4 is 4.72 Å². The summed E-state index contributed by atoms with van der Waals surface area (Å²) in [5, 5.41) is 0.610. The third kappa shape index (κ3) is 6.01. The highest BCUT2D eigenvalue weighted by atomic mass is 35.5. The molecule has 0 radical (unpaired) electrons. The van der Waals surface area contributed by atoms with Crippen molar-refractivity contribution < 1.29 is 8.42 Å². The van der Waals surface area contributed by atoms with Crippen LogP contribution in [0.3, 0.4) is 0 Å². The molecule has 24 heavy (non-hydrogen) atoms. The second kappa shape index (κ2) is 8.63. The first-order valence-electron chi connectivity index (χ1n) is 8.41. The standard InChI is InChI=1S/C17H28ClN3O2S/c1-14(2)17(21-10-8-20(3)9-11-21)12-19-24(22,23)13-15-4-6-16(18)7-5-15/h4-7,14,17,19H,8-13H2,1-3H3. The summed E-state index contributed by atoms with van der Waals surface area (Å²) in [6.07, 6.45) is 0. The van der Waals surface area contributed by atoms with Crippen LogP contribution >= 0.6 is 11.6 Å². The fraction of sp³-hybridized carbons (Fsp3) is 0.647. The van der Waals surface area contributed by atoms with Gasteiger partial charge in [-0.2, -0.15) is 0 Å². The Morgan fingerprint density at radius 2 is 1.71 bits per heavy atom. The van der Waals surface area contributed by atoms with E-state index in [0.29, 0.717) is 17.5 Å². The summed E-state index contributed by atoms with van der Waals surface area (Å²) in [7, 11) is -1.23. The van der Waals surface area contributed by atoms with E-state index in [1.165, 1.54) is 0 Å². The number of nitrogens with one attached hydrogen (secondary N) is 1. The number of benzene rings is 1. The maximum atomic E-state index is 12.4. The molecule has 1 heterocycles. The maximum absolute atomic E-state index is 12.4. The van der Waals surface area contributed by atoms with Gasteiger partial charge >= 0.3 is 0 Å². The molecular formula is C17H28ClN3O2S. The summed E-state index contributed by atoms with van der Waals surface area (Å²) in [4.78, 5) is 4.70. The Balaban J connectivity index is 1.93. The number of sulfonamides is 1. The summed E-state index contributed by atoms with van der Waals surface area (Å²) in [5.74, 6) is 0.379. The lowest BCUT2D eigenvalue weighted by Crippen LogP contribution is -2.54. The third-order valence-corrected chi connectivity index (χ3v) is 6.13. The van der Waals surface area contributed by atoms with Crippen molar-refractivity contribution in [3.8, 4) is 0 Å². The van der Waals surface area contributed by atoms with Gasteiger partial charge in [0.05, 0.1) is 5.75 Å². The molecule has 0 aliphatic carbocycles. The van der Waals surface area contributed by atoms with Gasteiger partial charge in [-0.1, -0.05) is 37.6 Å². The van der Waals surface area contributed by atoms with E-state index < -0.39 is 10.0 Å². The maximum Gasteiger partial charge on any atom is 0.215 e. The zero-order chi connectivity index (χ0) is 17.7. The van der Waals surface area contributed by atoms with E-state index in [1.54, 1.807) is 24.3 Å². The van der Waals surface area contributed by atoms with Crippen molar-refractivity contribution in [2.24, 2.45) is 5.92 Å². The zero-order valence-corrected chi connectivity index (χ0v) is 16.3. The number of halogens is 1. The minimum absolute atomic E-state index is 0.0161. The highest BCUT2D eigenvalue weighted by molar-refractivity contribution is 7.88. The Bertz CT molecular complexity index is 611. The smallest absolute Gasteiger partial charge is 0.215 e. The first-order chi connectivity index (χ1) is 11.3. The molecule has 0 amide bonds. The average Bonchev–Trinajstić information content (AvgIpc) is 2.51. The van der Waals surface area contributed by atoms with Crippen LogP contribution in [0.4, 0.5) is 0 Å². The molecule has 1 saturated heterocycles. The van der Waals surface area contributed by atoms with Gasteiger partial charge in [-0.05, 0) is 30.7 Å². The first-order valence-corrected chi connectivity index (χ1v) is 10.4. The zero-order valence-electron chi connectivity index (χ0n) is 14.7. The van der Waals surface area contributed by atoms with Gasteiger partial charge in [-0.15, -0.1) is 0 Å². The summed E-state index contributed by atoms with van der Waals surface area (Å²) in [6, 6.07) is 7.16. The van der Waals surface area contributed by atoms with Crippen molar-refractivity contribution in [3.63, 3.8) is 0 Å². The van der Waals surface area contributed by atoms with Crippen LogP contribution in [-0.2, 0) is 15.8 Å². The van der Waals surface area contributed by atoms with E-state index >= 15 is 0 Å². The van der Waals surface area contributed by atoms with E-state index in [0.717, 1.165) is 31.7 Å². The lowest BCUT2D eigenvalue weighted by atomic mass is 10.0. The molecule has 1 N–H and O–H groups in total. The second-order valence-corrected chi connectivity index (χ2v) is 9.13. The number of piperazine rings is 1. The lowest BCUT2D eigenvalue weighted by Gasteiger charge is -2.39. The number of likely N-dealkylation sites (N-methyl/N-ethyl adjacent to an activating group) is 1. The normalized spacial score (nSPS) is 18.9. The molecule has 2 rings (SSSR count). The molecule has 1 fully saturated rings. The van der Waals surface area contributed by atoms with Gasteiger partial charge in [-0.25, -0.2) is 13.1 Å². The number of nitrogens with zero attached hydrogens (tertiary/aromatic N) is 2. The first kappa shape index (κ1) is 19.7. The van der Waals surface area contributed by atoms with Gasteiger partial charge in [0.1, 0.15) is 0 Å². The van der Waals surface area contributed by atoms with Crippen molar-refractivity contribution in [1.82, 2.24) is 14.5 Å². The van der Waals surface area contributed by atoms with Crippen LogP contribution in [-0.4, -0.2) is 64.0 Å². The summed E-state index contributed by atoms with van der Waals surface area (Å²) >= 11 is 5.84. The molecule has 0 aromatic heterocycles. The van der Waals surface area contributed by atoms with Gasteiger partial charge in [0, 0.05) is 43.8 Å². The van der Waals surface area contributed by atoms with Gasteiger partial charge in [0.15, 0.2) is 0 Å². The molecule has 0 spiro atoms. The van der Waals surface area contributed by atoms with E-state index in [-0.39, 0.29) is 11.8 Å². The second-order valence-electron chi connectivity index (χ2n) is 6.88. The van der Waals surface area contributed by atoms with Crippen LogP contribution in [0.1, 0.15) is 19.4 Å². The molecular weight excluding hydrogens is 346 g/mol. The van der Waals surface area contributed by atoms with Crippen molar-refractivity contribution in [2.45, 2.75) is 25.6 Å². The van der Waals surface area contributed by atoms with Crippen molar-refractivity contribution in [2.75, 3.05) is 39.8 Å². The largest absolute Gasteiger partial charge is 0.304 e. The lowest BCUT2D eigenvalue weighted by molar-refractivity contribution is 0.0905. The van der Waals surface area contributed by atoms with Crippen LogP contribution in [0.25, 0.3) is 0 Å². The molecule has 1 aliphatic heterocycles. The summed E-state index contributed by atoms with van der Waals surface area (Å²) < 4.78 is 27.5. The van der Waals surface area contributed by atoms with Gasteiger partial charge < -0.3 is 4.90 Å². The number of hydrogen-bond donors (Lipinski definition) is 1. The topological polar surface area (TPSA) is 52.7 Å². The van der Waals surface area contributed by atoms with E-state index in [2.05, 4.69) is 35.4 Å². The average molecular weight is 374 g/mol. The van der Waals surface area contributed by atoms with Crippen LogP contribution in [0.15, 0.2) is 24.3 Å². The van der Waals surface area contributed by atoms with Crippen LogP contribution in [0.5, 0.6) is 0 Å². The predicted molar refractivity (Wildman–Crippen MR) is 99.8 cm³/mol. The Labute approximate surface area is 151 Å². The van der Waals surface area contributed by atoms with Gasteiger partial charge in [-0.3, -0.25) is 4.90 Å². The molecule has 1 aromatic rings. The number of hydrogen-bond acceptors (Lipinski definition) is 4. The van der Waals surface area contributed by atoms with Crippen LogP contribution in [0, 0.1) is 5.92 Å². The summed E-state index contributed by atoms with van der Waals surface area (Å²) in [5.41, 5.74) is 0.743. The molecule has 1 atom stereocenters. The molecule has 0 saturated carbocycles. The van der Waals surface area contributed by atoms with E-state index in [4.69, 9.17) is 11.6 Å². The van der Waals surface area contributed by atoms with Crippen molar-refractivity contribution in [1.29, 1.82) is 0 Å². The molecule has 0 bridgehead atoms. The predicted octanol–water partition coefficient (Wildman–Crippen LogP) is 2.03. The third-order valence-electron chi connectivity index (χ3n) is 4.56. The fourth-order valence-electron chi connectivity index (χ4n) is 3.00. The molecule has 1 aromatic carbocycles. The quantitative estimate of drug-likeness (QED) is 0.794. The Morgan fingerprint density at radius 1 is 1.12 bits per heavy atom. The molecule has 1 unspecified atom stereocenters. The van der Waals surface area contributed by atoms with Gasteiger partial charge in [0.25, 0.3) is 0 Å². The van der Waals surface area contributed by atoms with E-state index in [1.807, 2.05) is 0 Å².